The Morgan fingerprint density at radius 2 is 1.71 bits per heavy atom. The Balaban J connectivity index is 2.70. The molecule has 0 amide bonds. The summed E-state index contributed by atoms with van der Waals surface area (Å²) in [5.74, 6) is -1.31. The van der Waals surface area contributed by atoms with Crippen LogP contribution < -0.4 is 4.72 Å². The van der Waals surface area contributed by atoms with Crippen LogP contribution in [-0.2, 0) is 15.8 Å². The number of aliphatic hydroxyl groups is 1. The lowest BCUT2D eigenvalue weighted by Crippen LogP contribution is -2.42. The summed E-state index contributed by atoms with van der Waals surface area (Å²) >= 11 is 0. The van der Waals surface area contributed by atoms with E-state index in [2.05, 4.69) is 4.72 Å². The van der Waals surface area contributed by atoms with Crippen LogP contribution in [0.2, 0.25) is 0 Å². The third-order valence-electron chi connectivity index (χ3n) is 3.49. The zero-order valence-electron chi connectivity index (χ0n) is 12.2. The molecule has 3 N–H and O–H groups in total. The van der Waals surface area contributed by atoms with Crippen molar-refractivity contribution in [3.05, 3.63) is 35.4 Å². The Hall–Kier alpha value is -1.44. The molecule has 1 aromatic carbocycles. The number of carboxylic acid groups (broad SMARTS) is 1. The monoisotopic (exact) mass is 315 g/mol. The lowest BCUT2D eigenvalue weighted by Gasteiger charge is -2.25. The average molecular weight is 315 g/mol. The second-order valence-electron chi connectivity index (χ2n) is 5.01. The Morgan fingerprint density at radius 1 is 1.19 bits per heavy atom. The molecular weight excluding hydrogens is 294 g/mol. The van der Waals surface area contributed by atoms with Crippen molar-refractivity contribution < 1.29 is 23.4 Å². The smallest absolute Gasteiger partial charge is 0.335 e. The van der Waals surface area contributed by atoms with Gasteiger partial charge in [-0.05, 0) is 30.5 Å². The molecule has 0 fully saturated rings. The summed E-state index contributed by atoms with van der Waals surface area (Å²) in [6.45, 7) is 3.56. The first-order chi connectivity index (χ1) is 9.71. The van der Waals surface area contributed by atoms with Gasteiger partial charge in [0.05, 0.1) is 16.9 Å². The quantitative estimate of drug-likeness (QED) is 0.672. The molecule has 0 aliphatic heterocycles. The number of aromatic carboxylic acids is 1. The van der Waals surface area contributed by atoms with Crippen molar-refractivity contribution in [2.75, 3.05) is 6.54 Å². The van der Waals surface area contributed by atoms with E-state index in [-0.39, 0.29) is 17.9 Å². The highest BCUT2D eigenvalue weighted by molar-refractivity contribution is 7.88. The standard InChI is InChI=1S/C14H21NO5S/c1-3-14(18,4-2)10-15-21(19,20)9-11-5-7-12(8-6-11)13(16)17/h5-8,15,18H,3-4,9-10H2,1-2H3,(H,16,17). The molecule has 118 valence electrons. The topological polar surface area (TPSA) is 104 Å². The number of hydrogen-bond donors (Lipinski definition) is 3. The maximum absolute atomic E-state index is 12.0. The third-order valence-corrected chi connectivity index (χ3v) is 4.79. The van der Waals surface area contributed by atoms with Crippen molar-refractivity contribution in [2.24, 2.45) is 0 Å². The van der Waals surface area contributed by atoms with Crippen LogP contribution in [0.4, 0.5) is 0 Å². The molecule has 0 aromatic heterocycles. The van der Waals surface area contributed by atoms with Gasteiger partial charge >= 0.3 is 5.97 Å². The zero-order chi connectivity index (χ0) is 16.1. The predicted octanol–water partition coefficient (Wildman–Crippen LogP) is 1.36. The summed E-state index contributed by atoms with van der Waals surface area (Å²) in [7, 11) is -3.58. The molecule has 0 saturated heterocycles. The van der Waals surface area contributed by atoms with E-state index in [4.69, 9.17) is 5.11 Å². The highest BCUT2D eigenvalue weighted by Crippen LogP contribution is 2.14. The molecule has 0 aliphatic rings. The van der Waals surface area contributed by atoms with E-state index in [1.807, 2.05) is 0 Å². The number of benzene rings is 1. The van der Waals surface area contributed by atoms with Crippen LogP contribution in [0.3, 0.4) is 0 Å². The Labute approximate surface area is 124 Å². The van der Waals surface area contributed by atoms with Crippen LogP contribution in [-0.4, -0.2) is 36.7 Å². The molecular formula is C14H21NO5S. The maximum Gasteiger partial charge on any atom is 0.335 e. The van der Waals surface area contributed by atoms with Crippen LogP contribution in [0.1, 0.15) is 42.6 Å². The molecule has 0 radical (unpaired) electrons. The van der Waals surface area contributed by atoms with Crippen molar-refractivity contribution in [3.8, 4) is 0 Å². The minimum absolute atomic E-state index is 0.0322. The van der Waals surface area contributed by atoms with E-state index in [0.717, 1.165) is 0 Å². The number of sulfonamides is 1. The lowest BCUT2D eigenvalue weighted by molar-refractivity contribution is 0.0377. The van der Waals surface area contributed by atoms with E-state index in [1.54, 1.807) is 13.8 Å². The van der Waals surface area contributed by atoms with Crippen LogP contribution >= 0.6 is 0 Å². The summed E-state index contributed by atoms with van der Waals surface area (Å²) in [6.07, 6.45) is 0.915. The van der Waals surface area contributed by atoms with Crippen molar-refractivity contribution >= 4 is 16.0 Å². The number of hydrogen-bond acceptors (Lipinski definition) is 4. The SMILES string of the molecule is CCC(O)(CC)CNS(=O)(=O)Cc1ccc(C(=O)O)cc1. The lowest BCUT2D eigenvalue weighted by atomic mass is 9.98. The van der Waals surface area contributed by atoms with Gasteiger partial charge in [-0.3, -0.25) is 0 Å². The second kappa shape index (κ2) is 7.02. The molecule has 0 unspecified atom stereocenters. The molecule has 7 heteroatoms. The van der Waals surface area contributed by atoms with Crippen LogP contribution in [0, 0.1) is 0 Å². The maximum atomic E-state index is 12.0. The first-order valence-corrected chi connectivity index (χ1v) is 8.38. The van der Waals surface area contributed by atoms with Gasteiger partial charge < -0.3 is 10.2 Å². The molecule has 0 aliphatic carbocycles. The van der Waals surface area contributed by atoms with Gasteiger partial charge in [-0.25, -0.2) is 17.9 Å². The van der Waals surface area contributed by atoms with Crippen molar-refractivity contribution in [1.29, 1.82) is 0 Å². The van der Waals surface area contributed by atoms with Crippen LogP contribution in [0.25, 0.3) is 0 Å². The minimum atomic E-state index is -3.58. The number of nitrogens with one attached hydrogen (secondary N) is 1. The Morgan fingerprint density at radius 3 is 2.14 bits per heavy atom. The van der Waals surface area contributed by atoms with Crippen molar-refractivity contribution in [2.45, 2.75) is 38.0 Å². The highest BCUT2D eigenvalue weighted by atomic mass is 32.2. The van der Waals surface area contributed by atoms with E-state index < -0.39 is 21.6 Å². The minimum Gasteiger partial charge on any atom is -0.478 e. The van der Waals surface area contributed by atoms with Gasteiger partial charge in [-0.15, -0.1) is 0 Å². The van der Waals surface area contributed by atoms with Gasteiger partial charge in [-0.2, -0.15) is 0 Å². The molecule has 6 nitrogen and oxygen atoms in total. The fraction of sp³-hybridized carbons (Fsp3) is 0.500. The Bertz CT molecular complexity index is 576. The second-order valence-corrected chi connectivity index (χ2v) is 6.82. The third kappa shape index (κ3) is 5.45. The fourth-order valence-corrected chi connectivity index (χ4v) is 2.98. The predicted molar refractivity (Wildman–Crippen MR) is 79.6 cm³/mol. The number of rotatable bonds is 8. The van der Waals surface area contributed by atoms with E-state index in [9.17, 15) is 18.3 Å². The van der Waals surface area contributed by atoms with Crippen LogP contribution in [0.15, 0.2) is 24.3 Å². The molecule has 0 heterocycles. The van der Waals surface area contributed by atoms with Gasteiger partial charge in [0.1, 0.15) is 0 Å². The summed E-state index contributed by atoms with van der Waals surface area (Å²) in [5.41, 5.74) is -0.445. The number of carbonyl (C=O) groups is 1. The van der Waals surface area contributed by atoms with E-state index in [0.29, 0.717) is 18.4 Å². The van der Waals surface area contributed by atoms with E-state index in [1.165, 1.54) is 24.3 Å². The summed E-state index contributed by atoms with van der Waals surface area (Å²) < 4.78 is 26.3. The van der Waals surface area contributed by atoms with Gasteiger partial charge in [0, 0.05) is 6.54 Å². The zero-order valence-corrected chi connectivity index (χ0v) is 13.0. The molecule has 0 bridgehead atoms. The first-order valence-electron chi connectivity index (χ1n) is 6.73. The Kier molecular flexibility index (Phi) is 5.88. The van der Waals surface area contributed by atoms with Gasteiger partial charge in [-0.1, -0.05) is 26.0 Å². The molecule has 1 rings (SSSR count). The average Bonchev–Trinajstić information content (AvgIpc) is 2.45. The molecule has 0 atom stereocenters. The van der Waals surface area contributed by atoms with Gasteiger partial charge in [0.2, 0.25) is 10.0 Å². The molecule has 21 heavy (non-hydrogen) atoms. The highest BCUT2D eigenvalue weighted by Gasteiger charge is 2.24. The van der Waals surface area contributed by atoms with E-state index >= 15 is 0 Å². The summed E-state index contributed by atoms with van der Waals surface area (Å²) in [5, 5.41) is 18.8. The van der Waals surface area contributed by atoms with Gasteiger partial charge in [0.15, 0.2) is 0 Å². The summed E-state index contributed by atoms with van der Waals surface area (Å²) in [4.78, 5) is 10.7. The normalized spacial score (nSPS) is 12.3. The molecule has 1 aromatic rings. The summed E-state index contributed by atoms with van der Waals surface area (Å²) in [6, 6.07) is 5.66. The first kappa shape index (κ1) is 17.6. The van der Waals surface area contributed by atoms with Crippen molar-refractivity contribution in [1.82, 2.24) is 4.72 Å². The fourth-order valence-electron chi connectivity index (χ4n) is 1.76. The largest absolute Gasteiger partial charge is 0.478 e. The van der Waals surface area contributed by atoms with Crippen LogP contribution in [0.5, 0.6) is 0 Å². The molecule has 0 saturated carbocycles. The molecule has 0 spiro atoms. The van der Waals surface area contributed by atoms with Gasteiger partial charge in [0.25, 0.3) is 0 Å². The number of carboxylic acids is 1. The van der Waals surface area contributed by atoms with Crippen molar-refractivity contribution in [3.63, 3.8) is 0 Å².